The number of amides is 2. The van der Waals surface area contributed by atoms with Gasteiger partial charge in [0.2, 0.25) is 5.91 Å². The van der Waals surface area contributed by atoms with Crippen molar-refractivity contribution >= 4 is 11.8 Å². The summed E-state index contributed by atoms with van der Waals surface area (Å²) in [6, 6.07) is 5.27. The van der Waals surface area contributed by atoms with Crippen molar-refractivity contribution in [1.82, 2.24) is 10.2 Å². The Labute approximate surface area is 140 Å². The van der Waals surface area contributed by atoms with E-state index < -0.39 is 0 Å². The van der Waals surface area contributed by atoms with Gasteiger partial charge in [-0.25, -0.2) is 0 Å². The minimum absolute atomic E-state index is 0.111. The first-order valence-electron chi connectivity index (χ1n) is 8.12. The molecule has 0 spiro atoms. The summed E-state index contributed by atoms with van der Waals surface area (Å²) in [4.78, 5) is 26.1. The van der Waals surface area contributed by atoms with E-state index in [2.05, 4.69) is 5.32 Å². The fourth-order valence-electron chi connectivity index (χ4n) is 2.99. The smallest absolute Gasteiger partial charge is 0.255 e. The number of carbonyl (C=O) groups excluding carboxylic acids is 2. The Hall–Kier alpha value is -2.28. The molecule has 130 valence electrons. The van der Waals surface area contributed by atoms with E-state index in [1.54, 1.807) is 30.2 Å². The van der Waals surface area contributed by atoms with E-state index >= 15 is 0 Å². The van der Waals surface area contributed by atoms with Gasteiger partial charge in [-0.3, -0.25) is 9.59 Å². The molecule has 2 aliphatic rings. The maximum atomic E-state index is 12.4. The van der Waals surface area contributed by atoms with Crippen LogP contribution in [-0.4, -0.2) is 63.3 Å². The largest absolute Gasteiger partial charge is 0.486 e. The number of hydrogen-bond donors (Lipinski definition) is 1. The maximum absolute atomic E-state index is 12.4. The third kappa shape index (κ3) is 3.62. The Morgan fingerprint density at radius 2 is 2.21 bits per heavy atom. The summed E-state index contributed by atoms with van der Waals surface area (Å²) < 4.78 is 16.1. The molecule has 0 radical (unpaired) electrons. The van der Waals surface area contributed by atoms with Crippen LogP contribution in [0, 0.1) is 5.92 Å². The molecule has 1 saturated heterocycles. The number of para-hydroxylation sites is 1. The van der Waals surface area contributed by atoms with Gasteiger partial charge in [-0.2, -0.15) is 0 Å². The van der Waals surface area contributed by atoms with E-state index in [4.69, 9.17) is 14.2 Å². The standard InChI is InChI=1S/C17H22N2O5/c1-22-6-5-19-11-12(9-15(19)20)10-18-17(21)13-3-2-4-14-16(13)24-8-7-23-14/h2-4,12H,5-11H2,1H3,(H,18,21)/t12-/m0/s1. The number of ether oxygens (including phenoxy) is 3. The molecular formula is C17H22N2O5. The zero-order valence-corrected chi connectivity index (χ0v) is 13.7. The third-order valence-corrected chi connectivity index (χ3v) is 4.22. The van der Waals surface area contributed by atoms with Gasteiger partial charge in [0.15, 0.2) is 11.5 Å². The lowest BCUT2D eigenvalue weighted by atomic mass is 10.1. The van der Waals surface area contributed by atoms with Crippen LogP contribution < -0.4 is 14.8 Å². The molecule has 1 atom stereocenters. The highest BCUT2D eigenvalue weighted by molar-refractivity contribution is 5.97. The molecule has 24 heavy (non-hydrogen) atoms. The Kier molecular flexibility index (Phi) is 5.20. The number of nitrogens with one attached hydrogen (secondary N) is 1. The summed E-state index contributed by atoms with van der Waals surface area (Å²) >= 11 is 0. The molecule has 1 aromatic rings. The number of hydrogen-bond acceptors (Lipinski definition) is 5. The fraction of sp³-hybridized carbons (Fsp3) is 0.529. The highest BCUT2D eigenvalue weighted by Gasteiger charge is 2.30. The number of fused-ring (bicyclic) bond motifs is 1. The molecule has 0 aliphatic carbocycles. The molecule has 3 rings (SSSR count). The number of likely N-dealkylation sites (tertiary alicyclic amines) is 1. The number of rotatable bonds is 6. The second-order valence-electron chi connectivity index (χ2n) is 5.94. The van der Waals surface area contributed by atoms with Gasteiger partial charge < -0.3 is 24.4 Å². The molecule has 0 unspecified atom stereocenters. The van der Waals surface area contributed by atoms with Crippen LogP contribution in [0.2, 0.25) is 0 Å². The van der Waals surface area contributed by atoms with E-state index in [0.29, 0.717) is 62.9 Å². The lowest BCUT2D eigenvalue weighted by Gasteiger charge is -2.21. The summed E-state index contributed by atoms with van der Waals surface area (Å²) in [5.74, 6) is 1.11. The predicted octanol–water partition coefficient (Wildman–Crippen LogP) is 0.682. The number of benzene rings is 1. The van der Waals surface area contributed by atoms with Crippen molar-refractivity contribution in [3.8, 4) is 11.5 Å². The van der Waals surface area contributed by atoms with Gasteiger partial charge in [-0.05, 0) is 12.1 Å². The predicted molar refractivity (Wildman–Crippen MR) is 86.3 cm³/mol. The summed E-state index contributed by atoms with van der Waals surface area (Å²) in [7, 11) is 1.62. The quantitative estimate of drug-likeness (QED) is 0.828. The average Bonchev–Trinajstić information content (AvgIpc) is 2.97. The van der Waals surface area contributed by atoms with Crippen molar-refractivity contribution < 1.29 is 23.8 Å². The van der Waals surface area contributed by atoms with Gasteiger partial charge in [0.1, 0.15) is 13.2 Å². The Bertz CT molecular complexity index is 619. The summed E-state index contributed by atoms with van der Waals surface area (Å²) in [6.45, 7) is 3.14. The highest BCUT2D eigenvalue weighted by atomic mass is 16.6. The average molecular weight is 334 g/mol. The minimum Gasteiger partial charge on any atom is -0.486 e. The van der Waals surface area contributed by atoms with E-state index in [0.717, 1.165) is 0 Å². The lowest BCUT2D eigenvalue weighted by molar-refractivity contribution is -0.128. The van der Waals surface area contributed by atoms with Gasteiger partial charge in [-0.15, -0.1) is 0 Å². The number of carbonyl (C=O) groups is 2. The first-order valence-corrected chi connectivity index (χ1v) is 8.12. The van der Waals surface area contributed by atoms with E-state index in [1.165, 1.54) is 0 Å². The molecule has 0 saturated carbocycles. The summed E-state index contributed by atoms with van der Waals surface area (Å²) in [6.07, 6.45) is 0.455. The van der Waals surface area contributed by atoms with Crippen LogP contribution in [0.1, 0.15) is 16.8 Å². The SMILES string of the molecule is COCCN1C[C@H](CNC(=O)c2cccc3c2OCCO3)CC1=O. The zero-order valence-electron chi connectivity index (χ0n) is 13.7. The van der Waals surface area contributed by atoms with Crippen molar-refractivity contribution in [2.45, 2.75) is 6.42 Å². The van der Waals surface area contributed by atoms with E-state index in [-0.39, 0.29) is 17.7 Å². The van der Waals surface area contributed by atoms with Gasteiger partial charge >= 0.3 is 0 Å². The monoisotopic (exact) mass is 334 g/mol. The minimum atomic E-state index is -0.208. The van der Waals surface area contributed by atoms with Gasteiger partial charge in [-0.1, -0.05) is 6.07 Å². The highest BCUT2D eigenvalue weighted by Crippen LogP contribution is 2.33. The molecule has 2 amide bonds. The number of nitrogens with zero attached hydrogens (tertiary/aromatic N) is 1. The van der Waals surface area contributed by atoms with Crippen molar-refractivity contribution in [3.63, 3.8) is 0 Å². The molecule has 0 aromatic heterocycles. The molecule has 0 bridgehead atoms. The second kappa shape index (κ2) is 7.53. The molecule has 1 N–H and O–H groups in total. The first kappa shape index (κ1) is 16.6. The Balaban J connectivity index is 1.56. The molecular weight excluding hydrogens is 312 g/mol. The van der Waals surface area contributed by atoms with Crippen LogP contribution in [-0.2, 0) is 9.53 Å². The molecule has 7 nitrogen and oxygen atoms in total. The van der Waals surface area contributed by atoms with Crippen molar-refractivity contribution in [3.05, 3.63) is 23.8 Å². The van der Waals surface area contributed by atoms with E-state index in [1.807, 2.05) is 0 Å². The van der Waals surface area contributed by atoms with Crippen LogP contribution in [0.4, 0.5) is 0 Å². The van der Waals surface area contributed by atoms with Crippen molar-refractivity contribution in [2.75, 3.05) is 46.6 Å². The Morgan fingerprint density at radius 3 is 3.04 bits per heavy atom. The van der Waals surface area contributed by atoms with Gasteiger partial charge in [0.05, 0.1) is 12.2 Å². The number of methoxy groups -OCH3 is 1. The van der Waals surface area contributed by atoms with Gasteiger partial charge in [0.25, 0.3) is 5.91 Å². The van der Waals surface area contributed by atoms with E-state index in [9.17, 15) is 9.59 Å². The molecule has 1 aromatic carbocycles. The topological polar surface area (TPSA) is 77.1 Å². The fourth-order valence-corrected chi connectivity index (χ4v) is 2.99. The third-order valence-electron chi connectivity index (χ3n) is 4.22. The Morgan fingerprint density at radius 1 is 1.38 bits per heavy atom. The van der Waals surface area contributed by atoms with Crippen LogP contribution in [0.25, 0.3) is 0 Å². The maximum Gasteiger partial charge on any atom is 0.255 e. The van der Waals surface area contributed by atoms with Crippen LogP contribution in [0.3, 0.4) is 0 Å². The lowest BCUT2D eigenvalue weighted by Crippen LogP contribution is -2.32. The molecule has 2 aliphatic heterocycles. The summed E-state index contributed by atoms with van der Waals surface area (Å²) in [5.41, 5.74) is 0.466. The van der Waals surface area contributed by atoms with Crippen molar-refractivity contribution in [1.29, 1.82) is 0 Å². The van der Waals surface area contributed by atoms with Crippen LogP contribution in [0.5, 0.6) is 11.5 Å². The molecule has 1 fully saturated rings. The molecule has 2 heterocycles. The molecule has 7 heteroatoms. The normalized spacial score (nSPS) is 19.5. The zero-order chi connectivity index (χ0) is 16.9. The van der Waals surface area contributed by atoms with Crippen LogP contribution >= 0.6 is 0 Å². The second-order valence-corrected chi connectivity index (χ2v) is 5.94. The van der Waals surface area contributed by atoms with Crippen LogP contribution in [0.15, 0.2) is 18.2 Å². The first-order chi connectivity index (χ1) is 11.7. The van der Waals surface area contributed by atoms with Gasteiger partial charge in [0, 0.05) is 39.1 Å². The van der Waals surface area contributed by atoms with Crippen molar-refractivity contribution in [2.24, 2.45) is 5.92 Å². The summed E-state index contributed by atoms with van der Waals surface area (Å²) in [5, 5.41) is 2.90.